The summed E-state index contributed by atoms with van der Waals surface area (Å²) in [4.78, 5) is 12.2. The number of ether oxygens (including phenoxy) is 1. The highest BCUT2D eigenvalue weighted by atomic mass is 32.1. The first-order chi connectivity index (χ1) is 9.15. The largest absolute Gasteiger partial charge is 0.382 e. The Morgan fingerprint density at radius 1 is 1.47 bits per heavy atom. The highest BCUT2D eigenvalue weighted by molar-refractivity contribution is 7.11. The molecule has 2 unspecified atom stereocenters. The van der Waals surface area contributed by atoms with Crippen LogP contribution in [0.3, 0.4) is 0 Å². The highest BCUT2D eigenvalue weighted by Crippen LogP contribution is 2.30. The molecule has 1 amide bonds. The Labute approximate surface area is 115 Å². The summed E-state index contributed by atoms with van der Waals surface area (Å²) in [6.07, 6.45) is 3.18. The number of rotatable bonds is 4. The van der Waals surface area contributed by atoms with Crippen LogP contribution < -0.4 is 16.4 Å². The van der Waals surface area contributed by atoms with E-state index in [2.05, 4.69) is 15.0 Å². The molecule has 3 rings (SSSR count). The van der Waals surface area contributed by atoms with E-state index in [0.717, 1.165) is 30.9 Å². The van der Waals surface area contributed by atoms with E-state index in [-0.39, 0.29) is 18.1 Å². The number of carbonyl (C=O) groups excluding carboxylic acids is 1. The van der Waals surface area contributed by atoms with Crippen molar-refractivity contribution in [3.63, 3.8) is 0 Å². The van der Waals surface area contributed by atoms with Crippen molar-refractivity contribution in [1.82, 2.24) is 9.69 Å². The van der Waals surface area contributed by atoms with Crippen LogP contribution in [0.4, 0.5) is 10.8 Å². The smallest absolute Gasteiger partial charge is 0.258 e. The van der Waals surface area contributed by atoms with Gasteiger partial charge in [-0.1, -0.05) is 0 Å². The SMILES string of the molecule is CC1OCCC1Nc1snc(N)c1C(=O)NC1CC1. The fraction of sp³-hybridized carbons (Fsp3) is 0.667. The lowest BCUT2D eigenvalue weighted by atomic mass is 10.1. The van der Waals surface area contributed by atoms with Gasteiger partial charge in [-0.2, -0.15) is 4.37 Å². The quantitative estimate of drug-likeness (QED) is 0.772. The molecule has 2 aliphatic rings. The van der Waals surface area contributed by atoms with Crippen LogP contribution in [-0.4, -0.2) is 35.1 Å². The van der Waals surface area contributed by atoms with Gasteiger partial charge in [0.25, 0.3) is 5.91 Å². The zero-order valence-corrected chi connectivity index (χ0v) is 11.6. The first-order valence-electron chi connectivity index (χ1n) is 6.59. The number of aromatic nitrogens is 1. The van der Waals surface area contributed by atoms with Gasteiger partial charge in [0.2, 0.25) is 0 Å². The molecule has 6 nitrogen and oxygen atoms in total. The van der Waals surface area contributed by atoms with E-state index in [0.29, 0.717) is 17.4 Å². The minimum atomic E-state index is -0.122. The second-order valence-corrected chi connectivity index (χ2v) is 5.91. The predicted octanol–water partition coefficient (Wildman–Crippen LogP) is 1.21. The Balaban J connectivity index is 1.75. The van der Waals surface area contributed by atoms with Crippen LogP contribution in [0.1, 0.15) is 36.5 Å². The van der Waals surface area contributed by atoms with Crippen molar-refractivity contribution >= 4 is 28.3 Å². The minimum Gasteiger partial charge on any atom is -0.382 e. The normalized spacial score (nSPS) is 26.4. The summed E-state index contributed by atoms with van der Waals surface area (Å²) in [6.45, 7) is 2.77. The molecule has 2 atom stereocenters. The molecule has 0 radical (unpaired) electrons. The van der Waals surface area contributed by atoms with Crippen molar-refractivity contribution in [3.8, 4) is 0 Å². The third-order valence-electron chi connectivity index (χ3n) is 3.55. The number of nitrogen functional groups attached to an aromatic ring is 1. The van der Waals surface area contributed by atoms with Gasteiger partial charge < -0.3 is 21.1 Å². The molecule has 2 fully saturated rings. The second kappa shape index (κ2) is 4.97. The molecule has 1 aliphatic heterocycles. The number of amides is 1. The molecule has 1 aromatic rings. The number of hydrogen-bond donors (Lipinski definition) is 3. The second-order valence-electron chi connectivity index (χ2n) is 5.14. The van der Waals surface area contributed by atoms with Gasteiger partial charge in [0.05, 0.1) is 12.1 Å². The first-order valence-corrected chi connectivity index (χ1v) is 7.36. The number of nitrogens with zero attached hydrogens (tertiary/aromatic N) is 1. The Morgan fingerprint density at radius 2 is 2.26 bits per heavy atom. The van der Waals surface area contributed by atoms with E-state index in [1.54, 1.807) is 0 Å². The lowest BCUT2D eigenvalue weighted by Gasteiger charge is -2.16. The van der Waals surface area contributed by atoms with Gasteiger partial charge in [-0.05, 0) is 37.7 Å². The van der Waals surface area contributed by atoms with Gasteiger partial charge in [0.15, 0.2) is 5.82 Å². The molecule has 104 valence electrons. The van der Waals surface area contributed by atoms with Crippen LogP contribution in [0.15, 0.2) is 0 Å². The lowest BCUT2D eigenvalue weighted by molar-refractivity contribution is 0.0952. The average molecular weight is 282 g/mol. The van der Waals surface area contributed by atoms with Crippen LogP contribution in [0, 0.1) is 0 Å². The third kappa shape index (κ3) is 2.66. The van der Waals surface area contributed by atoms with E-state index >= 15 is 0 Å². The van der Waals surface area contributed by atoms with Crippen LogP contribution in [-0.2, 0) is 4.74 Å². The van der Waals surface area contributed by atoms with E-state index in [1.807, 2.05) is 6.92 Å². The van der Waals surface area contributed by atoms with E-state index < -0.39 is 0 Å². The van der Waals surface area contributed by atoms with Gasteiger partial charge in [-0.25, -0.2) is 0 Å². The van der Waals surface area contributed by atoms with Crippen molar-refractivity contribution in [1.29, 1.82) is 0 Å². The Morgan fingerprint density at radius 3 is 2.89 bits per heavy atom. The summed E-state index contributed by atoms with van der Waals surface area (Å²) >= 11 is 1.24. The molecule has 0 spiro atoms. The van der Waals surface area contributed by atoms with Crippen molar-refractivity contribution < 1.29 is 9.53 Å². The molecule has 1 saturated carbocycles. The zero-order chi connectivity index (χ0) is 13.4. The summed E-state index contributed by atoms with van der Waals surface area (Å²) in [6, 6.07) is 0.528. The molecule has 0 bridgehead atoms. The number of nitrogens with one attached hydrogen (secondary N) is 2. The van der Waals surface area contributed by atoms with E-state index in [1.165, 1.54) is 11.5 Å². The Hall–Kier alpha value is -1.34. The van der Waals surface area contributed by atoms with Crippen LogP contribution in [0.5, 0.6) is 0 Å². The highest BCUT2D eigenvalue weighted by Gasteiger charge is 2.30. The number of carbonyl (C=O) groups is 1. The summed E-state index contributed by atoms with van der Waals surface area (Å²) in [5.74, 6) is 0.181. The monoisotopic (exact) mass is 282 g/mol. The predicted molar refractivity (Wildman–Crippen MR) is 74.5 cm³/mol. The van der Waals surface area contributed by atoms with Gasteiger partial charge >= 0.3 is 0 Å². The molecule has 1 saturated heterocycles. The van der Waals surface area contributed by atoms with Crippen LogP contribution in [0.2, 0.25) is 0 Å². The summed E-state index contributed by atoms with van der Waals surface area (Å²) in [5, 5.41) is 7.04. The fourth-order valence-electron chi connectivity index (χ4n) is 2.20. The van der Waals surface area contributed by atoms with Gasteiger partial charge in [0, 0.05) is 12.6 Å². The first kappa shape index (κ1) is 12.7. The van der Waals surface area contributed by atoms with Crippen molar-refractivity contribution in [2.24, 2.45) is 0 Å². The summed E-state index contributed by atoms with van der Waals surface area (Å²) in [7, 11) is 0. The maximum Gasteiger partial charge on any atom is 0.258 e. The van der Waals surface area contributed by atoms with Crippen LogP contribution in [0.25, 0.3) is 0 Å². The van der Waals surface area contributed by atoms with E-state index in [9.17, 15) is 4.79 Å². The van der Waals surface area contributed by atoms with Gasteiger partial charge in [0.1, 0.15) is 10.6 Å². The Bertz CT molecular complexity index is 486. The molecule has 0 aromatic carbocycles. The van der Waals surface area contributed by atoms with Gasteiger partial charge in [-0.3, -0.25) is 4.79 Å². The fourth-order valence-corrected chi connectivity index (χ4v) is 2.97. The number of hydrogen-bond acceptors (Lipinski definition) is 6. The molecule has 1 aromatic heterocycles. The molecule has 1 aliphatic carbocycles. The summed E-state index contributed by atoms with van der Waals surface area (Å²) in [5.41, 5.74) is 6.30. The lowest BCUT2D eigenvalue weighted by Crippen LogP contribution is -2.30. The molecular formula is C12H18N4O2S. The average Bonchev–Trinajstić information content (AvgIpc) is 2.98. The maximum atomic E-state index is 12.2. The van der Waals surface area contributed by atoms with Crippen molar-refractivity contribution in [3.05, 3.63) is 5.56 Å². The molecule has 4 N–H and O–H groups in total. The van der Waals surface area contributed by atoms with Gasteiger partial charge in [-0.15, -0.1) is 0 Å². The van der Waals surface area contributed by atoms with Crippen molar-refractivity contribution in [2.75, 3.05) is 17.7 Å². The number of anilines is 2. The number of nitrogens with two attached hydrogens (primary N) is 1. The van der Waals surface area contributed by atoms with E-state index in [4.69, 9.17) is 10.5 Å². The maximum absolute atomic E-state index is 12.2. The minimum absolute atomic E-state index is 0.122. The molecular weight excluding hydrogens is 264 g/mol. The topological polar surface area (TPSA) is 89.3 Å². The molecule has 19 heavy (non-hydrogen) atoms. The van der Waals surface area contributed by atoms with Crippen molar-refractivity contribution in [2.45, 2.75) is 44.4 Å². The third-order valence-corrected chi connectivity index (χ3v) is 4.34. The Kier molecular flexibility index (Phi) is 3.32. The summed E-state index contributed by atoms with van der Waals surface area (Å²) < 4.78 is 9.60. The van der Waals surface area contributed by atoms with Crippen LogP contribution >= 0.6 is 11.5 Å². The molecule has 7 heteroatoms. The zero-order valence-electron chi connectivity index (χ0n) is 10.8. The standard InChI is InChI=1S/C12H18N4O2S/c1-6-8(4-5-18-6)15-12-9(10(13)16-19-12)11(17)14-7-2-3-7/h6-8,15H,2-5H2,1H3,(H2,13,16)(H,14,17). The molecule has 2 heterocycles.